The molecule has 5 heteroatoms. The molecule has 0 aromatic heterocycles. The van der Waals surface area contributed by atoms with E-state index in [0.29, 0.717) is 12.6 Å². The molecular weight excluding hydrogens is 208 g/mol. The van der Waals surface area contributed by atoms with Crippen LogP contribution in [0.1, 0.15) is 13.3 Å². The first-order valence-corrected chi connectivity index (χ1v) is 5.82. The third-order valence-corrected chi connectivity index (χ3v) is 3.05. The molecule has 0 aromatic carbocycles. The highest BCUT2D eigenvalue weighted by molar-refractivity contribution is 4.78. The van der Waals surface area contributed by atoms with E-state index in [1.807, 2.05) is 0 Å². The minimum Gasteiger partial charge on any atom is -0.376 e. The van der Waals surface area contributed by atoms with E-state index in [0.717, 1.165) is 26.1 Å². The lowest BCUT2D eigenvalue weighted by atomic mass is 10.1. The average Bonchev–Trinajstić information content (AvgIpc) is 2.31. The highest BCUT2D eigenvalue weighted by Gasteiger charge is 2.25. The maximum atomic E-state index is 5.81. The normalized spacial score (nSPS) is 24.9. The van der Waals surface area contributed by atoms with Crippen molar-refractivity contribution >= 4 is 0 Å². The molecule has 1 aliphatic rings. The molecule has 1 rings (SSSR count). The summed E-state index contributed by atoms with van der Waals surface area (Å²) >= 11 is 0. The van der Waals surface area contributed by atoms with Gasteiger partial charge in [0.25, 0.3) is 0 Å². The number of morpholine rings is 1. The first-order chi connectivity index (χ1) is 7.71. The topological polar surface area (TPSA) is 57.0 Å². The SMILES string of the molecule is COC(CC(CN)N1CCOC(C)C1)OC. The van der Waals surface area contributed by atoms with Crippen molar-refractivity contribution in [3.05, 3.63) is 0 Å². The fraction of sp³-hybridized carbons (Fsp3) is 1.00. The van der Waals surface area contributed by atoms with E-state index in [9.17, 15) is 0 Å². The van der Waals surface area contributed by atoms with Gasteiger partial charge >= 0.3 is 0 Å². The van der Waals surface area contributed by atoms with Crippen LogP contribution >= 0.6 is 0 Å². The van der Waals surface area contributed by atoms with Crippen LogP contribution in [0.5, 0.6) is 0 Å². The zero-order valence-corrected chi connectivity index (χ0v) is 10.5. The van der Waals surface area contributed by atoms with Gasteiger partial charge in [-0.05, 0) is 6.92 Å². The summed E-state index contributed by atoms with van der Waals surface area (Å²) < 4.78 is 15.9. The van der Waals surface area contributed by atoms with Crippen LogP contribution in [-0.2, 0) is 14.2 Å². The molecule has 2 atom stereocenters. The lowest BCUT2D eigenvalue weighted by molar-refractivity contribution is -0.123. The molecule has 0 saturated carbocycles. The maximum Gasteiger partial charge on any atom is 0.158 e. The maximum absolute atomic E-state index is 5.81. The van der Waals surface area contributed by atoms with Crippen molar-refractivity contribution in [2.75, 3.05) is 40.5 Å². The molecule has 96 valence electrons. The second-order valence-electron chi connectivity index (χ2n) is 4.20. The predicted molar refractivity (Wildman–Crippen MR) is 62.3 cm³/mol. The Kier molecular flexibility index (Phi) is 6.23. The van der Waals surface area contributed by atoms with Crippen LogP contribution in [0.15, 0.2) is 0 Å². The van der Waals surface area contributed by atoms with Crippen LogP contribution in [0, 0.1) is 0 Å². The van der Waals surface area contributed by atoms with E-state index in [-0.39, 0.29) is 12.4 Å². The Balaban J connectivity index is 2.45. The molecule has 0 amide bonds. The predicted octanol–water partition coefficient (Wildman–Crippen LogP) is 0.0434. The third-order valence-electron chi connectivity index (χ3n) is 3.05. The van der Waals surface area contributed by atoms with Crippen molar-refractivity contribution in [3.8, 4) is 0 Å². The minimum atomic E-state index is -0.174. The molecule has 1 heterocycles. The van der Waals surface area contributed by atoms with E-state index in [1.165, 1.54) is 0 Å². The summed E-state index contributed by atoms with van der Waals surface area (Å²) in [6.07, 6.45) is 0.911. The monoisotopic (exact) mass is 232 g/mol. The van der Waals surface area contributed by atoms with Crippen molar-refractivity contribution in [1.29, 1.82) is 0 Å². The Labute approximate surface area is 97.8 Å². The number of hydrogen-bond donors (Lipinski definition) is 1. The first-order valence-electron chi connectivity index (χ1n) is 5.82. The van der Waals surface area contributed by atoms with Crippen LogP contribution in [-0.4, -0.2) is 63.8 Å². The average molecular weight is 232 g/mol. The van der Waals surface area contributed by atoms with Crippen molar-refractivity contribution in [2.24, 2.45) is 5.73 Å². The van der Waals surface area contributed by atoms with E-state index in [2.05, 4.69) is 11.8 Å². The van der Waals surface area contributed by atoms with Crippen molar-refractivity contribution < 1.29 is 14.2 Å². The van der Waals surface area contributed by atoms with Gasteiger partial charge in [-0.15, -0.1) is 0 Å². The smallest absolute Gasteiger partial charge is 0.158 e. The fourth-order valence-corrected chi connectivity index (χ4v) is 2.08. The number of methoxy groups -OCH3 is 2. The Bertz CT molecular complexity index is 188. The Morgan fingerprint density at radius 1 is 1.44 bits per heavy atom. The summed E-state index contributed by atoms with van der Waals surface area (Å²) in [6, 6.07) is 0.302. The van der Waals surface area contributed by atoms with E-state index in [1.54, 1.807) is 14.2 Å². The molecule has 1 saturated heterocycles. The molecule has 16 heavy (non-hydrogen) atoms. The summed E-state index contributed by atoms with van der Waals surface area (Å²) in [4.78, 5) is 2.36. The van der Waals surface area contributed by atoms with Crippen LogP contribution in [0.4, 0.5) is 0 Å². The van der Waals surface area contributed by atoms with Crippen LogP contribution < -0.4 is 5.73 Å². The van der Waals surface area contributed by atoms with Gasteiger partial charge in [0, 0.05) is 46.3 Å². The van der Waals surface area contributed by atoms with Crippen LogP contribution in [0.25, 0.3) is 0 Å². The van der Waals surface area contributed by atoms with E-state index in [4.69, 9.17) is 19.9 Å². The van der Waals surface area contributed by atoms with Crippen molar-refractivity contribution in [1.82, 2.24) is 4.90 Å². The standard InChI is InChI=1S/C11H24N2O3/c1-9-8-13(4-5-16-9)10(7-12)6-11(14-2)15-3/h9-11H,4-8,12H2,1-3H3. The van der Waals surface area contributed by atoms with Crippen molar-refractivity contribution in [2.45, 2.75) is 31.8 Å². The van der Waals surface area contributed by atoms with Gasteiger partial charge in [-0.3, -0.25) is 4.90 Å². The Hall–Kier alpha value is -0.200. The number of nitrogens with zero attached hydrogens (tertiary/aromatic N) is 1. The van der Waals surface area contributed by atoms with Crippen LogP contribution in [0.2, 0.25) is 0 Å². The highest BCUT2D eigenvalue weighted by Crippen LogP contribution is 2.13. The van der Waals surface area contributed by atoms with Gasteiger partial charge in [0.15, 0.2) is 6.29 Å². The molecule has 0 spiro atoms. The molecule has 0 bridgehead atoms. The molecular formula is C11H24N2O3. The van der Waals surface area contributed by atoms with Crippen molar-refractivity contribution in [3.63, 3.8) is 0 Å². The molecule has 0 aliphatic carbocycles. The van der Waals surface area contributed by atoms with Gasteiger partial charge in [-0.2, -0.15) is 0 Å². The number of hydrogen-bond acceptors (Lipinski definition) is 5. The van der Waals surface area contributed by atoms with E-state index >= 15 is 0 Å². The summed E-state index contributed by atoms with van der Waals surface area (Å²) in [7, 11) is 3.31. The molecule has 0 radical (unpaired) electrons. The van der Waals surface area contributed by atoms with Gasteiger partial charge in [-0.1, -0.05) is 0 Å². The van der Waals surface area contributed by atoms with Gasteiger partial charge in [0.05, 0.1) is 12.7 Å². The number of nitrogens with two attached hydrogens (primary N) is 1. The number of rotatable bonds is 6. The summed E-state index contributed by atoms with van der Waals surface area (Å²) in [5, 5.41) is 0. The second kappa shape index (κ2) is 7.19. The van der Waals surface area contributed by atoms with Gasteiger partial charge < -0.3 is 19.9 Å². The van der Waals surface area contributed by atoms with Gasteiger partial charge in [0.2, 0.25) is 0 Å². The summed E-state index contributed by atoms with van der Waals surface area (Å²) in [5.74, 6) is 0. The third kappa shape index (κ3) is 3.99. The van der Waals surface area contributed by atoms with Gasteiger partial charge in [0.1, 0.15) is 0 Å². The lowest BCUT2D eigenvalue weighted by Crippen LogP contribution is -2.50. The molecule has 5 nitrogen and oxygen atoms in total. The Morgan fingerprint density at radius 2 is 2.12 bits per heavy atom. The first kappa shape index (κ1) is 13.9. The summed E-state index contributed by atoms with van der Waals surface area (Å²) in [5.41, 5.74) is 5.81. The minimum absolute atomic E-state index is 0.174. The molecule has 1 fully saturated rings. The van der Waals surface area contributed by atoms with Gasteiger partial charge in [-0.25, -0.2) is 0 Å². The fourth-order valence-electron chi connectivity index (χ4n) is 2.08. The number of ether oxygens (including phenoxy) is 3. The Morgan fingerprint density at radius 3 is 2.62 bits per heavy atom. The highest BCUT2D eigenvalue weighted by atomic mass is 16.7. The quantitative estimate of drug-likeness (QED) is 0.655. The second-order valence-corrected chi connectivity index (χ2v) is 4.20. The largest absolute Gasteiger partial charge is 0.376 e. The van der Waals surface area contributed by atoms with E-state index < -0.39 is 0 Å². The van der Waals surface area contributed by atoms with Crippen LogP contribution in [0.3, 0.4) is 0 Å². The molecule has 2 unspecified atom stereocenters. The zero-order valence-electron chi connectivity index (χ0n) is 10.5. The molecule has 1 aliphatic heterocycles. The summed E-state index contributed by atoms with van der Waals surface area (Å²) in [6.45, 7) is 5.36. The lowest BCUT2D eigenvalue weighted by Gasteiger charge is -2.37. The molecule has 2 N–H and O–H groups in total. The zero-order chi connectivity index (χ0) is 12.0. The molecule has 0 aromatic rings.